The molecule has 2 rings (SSSR count). The molecule has 18 heavy (non-hydrogen) atoms. The van der Waals surface area contributed by atoms with Crippen molar-refractivity contribution in [3.05, 3.63) is 59.5 Å². The molecule has 1 aromatic carbocycles. The first-order valence-electron chi connectivity index (χ1n) is 6.12. The van der Waals surface area contributed by atoms with Gasteiger partial charge in [0.15, 0.2) is 12.0 Å². The zero-order valence-electron chi connectivity index (χ0n) is 10.5. The van der Waals surface area contributed by atoms with E-state index in [2.05, 4.69) is 24.0 Å². The monoisotopic (exact) mass is 243 g/mol. The first kappa shape index (κ1) is 12.6. The molecule has 0 N–H and O–H groups in total. The largest absolute Gasteiger partial charge is 0.457 e. The first-order chi connectivity index (χ1) is 8.81. The Hall–Kier alpha value is -1.87. The van der Waals surface area contributed by atoms with Crippen LogP contribution in [-0.4, -0.2) is 17.7 Å². The molecule has 2 aromatic rings. The minimum atomic E-state index is 0.390. The summed E-state index contributed by atoms with van der Waals surface area (Å²) in [5.41, 5.74) is 1.28. The van der Waals surface area contributed by atoms with Gasteiger partial charge in [0.1, 0.15) is 5.76 Å². The summed E-state index contributed by atoms with van der Waals surface area (Å²) in [5.74, 6) is 1.22. The second kappa shape index (κ2) is 6.17. The highest BCUT2D eigenvalue weighted by atomic mass is 16.3. The molecule has 0 unspecified atom stereocenters. The van der Waals surface area contributed by atoms with E-state index < -0.39 is 0 Å². The van der Waals surface area contributed by atoms with Gasteiger partial charge >= 0.3 is 0 Å². The lowest BCUT2D eigenvalue weighted by molar-refractivity contribution is 0.109. The van der Waals surface area contributed by atoms with Crippen molar-refractivity contribution in [1.29, 1.82) is 0 Å². The number of carbonyl (C=O) groups is 1. The number of hydrogen-bond donors (Lipinski definition) is 0. The Bertz CT molecular complexity index is 490. The summed E-state index contributed by atoms with van der Waals surface area (Å²) in [6.45, 7) is 4.66. The van der Waals surface area contributed by atoms with E-state index >= 15 is 0 Å². The number of benzene rings is 1. The maximum atomic E-state index is 10.6. The van der Waals surface area contributed by atoms with E-state index in [-0.39, 0.29) is 0 Å². The molecule has 0 aliphatic rings. The lowest BCUT2D eigenvalue weighted by Gasteiger charge is -2.19. The SMILES string of the molecule is CCN(Cc1ccccc1)Cc1ccc(C=O)o1. The molecule has 0 fully saturated rings. The molecule has 3 heteroatoms. The zero-order chi connectivity index (χ0) is 12.8. The maximum Gasteiger partial charge on any atom is 0.185 e. The third-order valence-corrected chi connectivity index (χ3v) is 2.87. The van der Waals surface area contributed by atoms with Gasteiger partial charge in [-0.25, -0.2) is 0 Å². The van der Waals surface area contributed by atoms with Gasteiger partial charge in [-0.2, -0.15) is 0 Å². The third kappa shape index (κ3) is 3.31. The van der Waals surface area contributed by atoms with Crippen LogP contribution in [0.3, 0.4) is 0 Å². The number of furan rings is 1. The van der Waals surface area contributed by atoms with Crippen LogP contribution in [0.1, 0.15) is 28.8 Å². The van der Waals surface area contributed by atoms with E-state index in [1.54, 1.807) is 6.07 Å². The van der Waals surface area contributed by atoms with Gasteiger partial charge in [-0.3, -0.25) is 9.69 Å². The Labute approximate surface area is 107 Å². The van der Waals surface area contributed by atoms with E-state index in [9.17, 15) is 4.79 Å². The highest BCUT2D eigenvalue weighted by molar-refractivity contribution is 5.70. The predicted octanol–water partition coefficient (Wildman–Crippen LogP) is 3.11. The van der Waals surface area contributed by atoms with Crippen molar-refractivity contribution in [1.82, 2.24) is 4.90 Å². The molecule has 94 valence electrons. The summed E-state index contributed by atoms with van der Waals surface area (Å²) >= 11 is 0. The molecule has 0 radical (unpaired) electrons. The number of nitrogens with zero attached hydrogens (tertiary/aromatic N) is 1. The van der Waals surface area contributed by atoms with E-state index in [1.165, 1.54) is 5.56 Å². The quantitative estimate of drug-likeness (QED) is 0.731. The van der Waals surface area contributed by atoms with E-state index in [4.69, 9.17) is 4.42 Å². The van der Waals surface area contributed by atoms with Crippen LogP contribution >= 0.6 is 0 Å². The summed E-state index contributed by atoms with van der Waals surface area (Å²) in [7, 11) is 0. The minimum Gasteiger partial charge on any atom is -0.457 e. The van der Waals surface area contributed by atoms with Crippen LogP contribution in [0.4, 0.5) is 0 Å². The molecule has 0 aliphatic heterocycles. The molecule has 3 nitrogen and oxygen atoms in total. The molecule has 0 bridgehead atoms. The highest BCUT2D eigenvalue weighted by Crippen LogP contribution is 2.12. The van der Waals surface area contributed by atoms with Crippen LogP contribution in [0.2, 0.25) is 0 Å². The van der Waals surface area contributed by atoms with Crippen molar-refractivity contribution in [2.45, 2.75) is 20.0 Å². The van der Waals surface area contributed by atoms with Crippen LogP contribution < -0.4 is 0 Å². The van der Waals surface area contributed by atoms with Gasteiger partial charge in [-0.05, 0) is 24.2 Å². The van der Waals surface area contributed by atoms with Crippen LogP contribution in [0.15, 0.2) is 46.9 Å². The van der Waals surface area contributed by atoms with Gasteiger partial charge in [0, 0.05) is 6.54 Å². The van der Waals surface area contributed by atoms with Crippen LogP contribution in [0.25, 0.3) is 0 Å². The van der Waals surface area contributed by atoms with Crippen molar-refractivity contribution in [3.8, 4) is 0 Å². The normalized spacial score (nSPS) is 10.8. The van der Waals surface area contributed by atoms with Crippen LogP contribution in [0, 0.1) is 0 Å². The van der Waals surface area contributed by atoms with E-state index in [1.807, 2.05) is 24.3 Å². The maximum absolute atomic E-state index is 10.6. The number of hydrogen-bond acceptors (Lipinski definition) is 3. The molecule has 0 amide bonds. The van der Waals surface area contributed by atoms with Crippen LogP contribution in [0.5, 0.6) is 0 Å². The lowest BCUT2D eigenvalue weighted by atomic mass is 10.2. The average Bonchev–Trinajstić information content (AvgIpc) is 2.87. The molecule has 0 saturated heterocycles. The smallest absolute Gasteiger partial charge is 0.185 e. The van der Waals surface area contributed by atoms with Crippen LogP contribution in [-0.2, 0) is 13.1 Å². The second-order valence-corrected chi connectivity index (χ2v) is 4.21. The summed E-state index contributed by atoms with van der Waals surface area (Å²) in [4.78, 5) is 12.8. The van der Waals surface area contributed by atoms with Gasteiger partial charge in [-0.1, -0.05) is 37.3 Å². The predicted molar refractivity (Wildman–Crippen MR) is 70.3 cm³/mol. The zero-order valence-corrected chi connectivity index (χ0v) is 10.5. The number of aldehydes is 1. The topological polar surface area (TPSA) is 33.5 Å². The molecule has 0 saturated carbocycles. The van der Waals surface area contributed by atoms with Gasteiger partial charge in [0.25, 0.3) is 0 Å². The Balaban J connectivity index is 1.99. The molecule has 1 heterocycles. The van der Waals surface area contributed by atoms with E-state index in [0.29, 0.717) is 5.76 Å². The Morgan fingerprint density at radius 1 is 1.11 bits per heavy atom. The van der Waals surface area contributed by atoms with Crippen molar-refractivity contribution in [2.75, 3.05) is 6.54 Å². The summed E-state index contributed by atoms with van der Waals surface area (Å²) in [5, 5.41) is 0. The standard InChI is InChI=1S/C15H17NO2/c1-2-16(10-13-6-4-3-5-7-13)11-14-8-9-15(12-17)18-14/h3-9,12H,2,10-11H2,1H3. The molecular formula is C15H17NO2. The van der Waals surface area contributed by atoms with Gasteiger partial charge in [-0.15, -0.1) is 0 Å². The fourth-order valence-electron chi connectivity index (χ4n) is 1.88. The fraction of sp³-hybridized carbons (Fsp3) is 0.267. The lowest BCUT2D eigenvalue weighted by Crippen LogP contribution is -2.21. The van der Waals surface area contributed by atoms with Crippen molar-refractivity contribution >= 4 is 6.29 Å². The van der Waals surface area contributed by atoms with Gasteiger partial charge in [0.05, 0.1) is 6.54 Å². The fourth-order valence-corrected chi connectivity index (χ4v) is 1.88. The average molecular weight is 243 g/mol. The summed E-state index contributed by atoms with van der Waals surface area (Å²) in [6, 6.07) is 13.9. The molecule has 0 spiro atoms. The molecule has 0 atom stereocenters. The first-order valence-corrected chi connectivity index (χ1v) is 6.12. The van der Waals surface area contributed by atoms with Gasteiger partial charge in [0.2, 0.25) is 0 Å². The van der Waals surface area contributed by atoms with Crippen molar-refractivity contribution < 1.29 is 9.21 Å². The van der Waals surface area contributed by atoms with Gasteiger partial charge < -0.3 is 4.42 Å². The Morgan fingerprint density at radius 3 is 2.50 bits per heavy atom. The number of carbonyl (C=O) groups excluding carboxylic acids is 1. The summed E-state index contributed by atoms with van der Waals surface area (Å²) in [6.07, 6.45) is 0.733. The minimum absolute atomic E-state index is 0.390. The van der Waals surface area contributed by atoms with Crippen molar-refractivity contribution in [2.24, 2.45) is 0 Å². The molecular weight excluding hydrogens is 226 g/mol. The Kier molecular flexibility index (Phi) is 4.31. The third-order valence-electron chi connectivity index (χ3n) is 2.87. The van der Waals surface area contributed by atoms with E-state index in [0.717, 1.165) is 31.7 Å². The number of rotatable bonds is 6. The Morgan fingerprint density at radius 2 is 1.89 bits per heavy atom. The van der Waals surface area contributed by atoms with Crippen molar-refractivity contribution in [3.63, 3.8) is 0 Å². The summed E-state index contributed by atoms with van der Waals surface area (Å²) < 4.78 is 5.39. The molecule has 1 aromatic heterocycles. The second-order valence-electron chi connectivity index (χ2n) is 4.21. The highest BCUT2D eigenvalue weighted by Gasteiger charge is 2.08. The molecule has 0 aliphatic carbocycles.